The van der Waals surface area contributed by atoms with E-state index in [0.717, 1.165) is 44.3 Å². The van der Waals surface area contributed by atoms with E-state index in [4.69, 9.17) is 11.6 Å². The third kappa shape index (κ3) is 5.22. The van der Waals surface area contributed by atoms with Gasteiger partial charge in [-0.2, -0.15) is 4.31 Å². The molecule has 1 aromatic rings. The lowest BCUT2D eigenvalue weighted by Gasteiger charge is -2.34. The fourth-order valence-electron chi connectivity index (χ4n) is 4.10. The highest BCUT2D eigenvalue weighted by atomic mass is 35.5. The van der Waals surface area contributed by atoms with Crippen LogP contribution < -0.4 is 5.32 Å². The minimum Gasteiger partial charge on any atom is -0.353 e. The van der Waals surface area contributed by atoms with Crippen molar-refractivity contribution in [3.63, 3.8) is 0 Å². The van der Waals surface area contributed by atoms with Crippen molar-refractivity contribution >= 4 is 27.5 Å². The highest BCUT2D eigenvalue weighted by molar-refractivity contribution is 7.88. The van der Waals surface area contributed by atoms with Crippen LogP contribution in [-0.2, 0) is 14.8 Å². The first-order valence-electron chi connectivity index (χ1n) is 9.60. The number of hydrogen-bond donors (Lipinski definition) is 1. The average Bonchev–Trinajstić information content (AvgIpc) is 3.15. The summed E-state index contributed by atoms with van der Waals surface area (Å²) in [7, 11) is -3.39. The minimum absolute atomic E-state index is 0.0467. The Kier molecular flexibility index (Phi) is 6.78. The number of carbonyl (C=O) groups is 1. The molecule has 6 nitrogen and oxygen atoms in total. The number of piperidine rings is 1. The number of nitrogens with one attached hydrogen (secondary N) is 1. The molecule has 3 rings (SSSR count). The molecule has 8 heteroatoms. The van der Waals surface area contributed by atoms with Crippen molar-refractivity contribution in [2.75, 3.05) is 32.4 Å². The second-order valence-corrected chi connectivity index (χ2v) is 9.82. The van der Waals surface area contributed by atoms with Crippen LogP contribution in [0.4, 0.5) is 0 Å². The number of halogens is 1. The Morgan fingerprint density at radius 1 is 1.22 bits per heavy atom. The largest absolute Gasteiger partial charge is 0.353 e. The lowest BCUT2D eigenvalue weighted by atomic mass is 10.0. The first-order valence-corrected chi connectivity index (χ1v) is 11.8. The molecule has 0 radical (unpaired) electrons. The van der Waals surface area contributed by atoms with Gasteiger partial charge in [-0.3, -0.25) is 9.69 Å². The molecule has 2 saturated heterocycles. The smallest absolute Gasteiger partial charge is 0.238 e. The Morgan fingerprint density at radius 2 is 1.93 bits per heavy atom. The number of hydrogen-bond acceptors (Lipinski definition) is 4. The van der Waals surface area contributed by atoms with E-state index in [9.17, 15) is 13.2 Å². The molecule has 2 atom stereocenters. The van der Waals surface area contributed by atoms with Gasteiger partial charge in [0.1, 0.15) is 6.04 Å². The van der Waals surface area contributed by atoms with Crippen molar-refractivity contribution in [1.82, 2.24) is 14.5 Å². The fourth-order valence-corrected chi connectivity index (χ4v) is 5.43. The molecule has 0 spiro atoms. The summed E-state index contributed by atoms with van der Waals surface area (Å²) < 4.78 is 25.4. The summed E-state index contributed by atoms with van der Waals surface area (Å²) >= 11 is 6.17. The predicted octanol–water partition coefficient (Wildman–Crippen LogP) is 2.41. The van der Waals surface area contributed by atoms with Crippen LogP contribution in [0.15, 0.2) is 24.3 Å². The third-order valence-corrected chi connectivity index (χ3v) is 6.99. The summed E-state index contributed by atoms with van der Waals surface area (Å²) in [6, 6.07) is 7.19. The van der Waals surface area contributed by atoms with E-state index < -0.39 is 16.1 Å². The molecule has 0 saturated carbocycles. The number of benzene rings is 1. The molecule has 27 heavy (non-hydrogen) atoms. The van der Waals surface area contributed by atoms with Gasteiger partial charge >= 0.3 is 0 Å². The number of amides is 1. The maximum Gasteiger partial charge on any atom is 0.238 e. The number of rotatable bonds is 6. The lowest BCUT2D eigenvalue weighted by Crippen LogP contribution is -2.52. The first-order chi connectivity index (χ1) is 12.9. The molecule has 0 bridgehead atoms. The summed E-state index contributed by atoms with van der Waals surface area (Å²) in [5, 5.41) is 3.70. The number of nitrogens with zero attached hydrogens (tertiary/aromatic N) is 2. The standard InChI is InChI=1S/C19H28ClN3O3S/c1-27(25,26)23-12-3-2-9-17(23)19(24)21-14-18(22-10-4-5-11-22)15-7-6-8-16(20)13-15/h6-8,13,17-18H,2-5,9-12,14H2,1H3,(H,21,24). The van der Waals surface area contributed by atoms with Crippen molar-refractivity contribution < 1.29 is 13.2 Å². The molecule has 1 amide bonds. The van der Waals surface area contributed by atoms with E-state index in [-0.39, 0.29) is 11.9 Å². The van der Waals surface area contributed by atoms with Gasteiger partial charge in [0.25, 0.3) is 0 Å². The van der Waals surface area contributed by atoms with Crippen molar-refractivity contribution in [3.8, 4) is 0 Å². The zero-order chi connectivity index (χ0) is 19.4. The van der Waals surface area contributed by atoms with E-state index in [1.54, 1.807) is 0 Å². The van der Waals surface area contributed by atoms with E-state index in [2.05, 4.69) is 10.2 Å². The maximum atomic E-state index is 12.8. The van der Waals surface area contributed by atoms with Crippen LogP contribution in [0.3, 0.4) is 0 Å². The van der Waals surface area contributed by atoms with E-state index in [1.165, 1.54) is 10.6 Å². The zero-order valence-electron chi connectivity index (χ0n) is 15.7. The Morgan fingerprint density at radius 3 is 2.59 bits per heavy atom. The van der Waals surface area contributed by atoms with Crippen molar-refractivity contribution in [3.05, 3.63) is 34.9 Å². The molecule has 1 aromatic carbocycles. The Labute approximate surface area is 166 Å². The van der Waals surface area contributed by atoms with Gasteiger partial charge in [0, 0.05) is 18.1 Å². The Balaban J connectivity index is 1.71. The normalized spacial score (nSPS) is 23.3. The van der Waals surface area contributed by atoms with Gasteiger partial charge in [0.2, 0.25) is 15.9 Å². The molecule has 150 valence electrons. The summed E-state index contributed by atoms with van der Waals surface area (Å²) in [4.78, 5) is 15.2. The highest BCUT2D eigenvalue weighted by Crippen LogP contribution is 2.27. The number of carbonyl (C=O) groups excluding carboxylic acids is 1. The van der Waals surface area contributed by atoms with Crippen LogP contribution in [0.1, 0.15) is 43.7 Å². The topological polar surface area (TPSA) is 69.7 Å². The average molecular weight is 414 g/mol. The van der Waals surface area contributed by atoms with Gasteiger partial charge in [-0.1, -0.05) is 30.2 Å². The molecule has 0 aromatic heterocycles. The molecule has 1 N–H and O–H groups in total. The summed E-state index contributed by atoms with van der Waals surface area (Å²) in [6.07, 6.45) is 5.72. The van der Waals surface area contributed by atoms with Gasteiger partial charge in [-0.25, -0.2) is 8.42 Å². The van der Waals surface area contributed by atoms with Gasteiger partial charge < -0.3 is 5.32 Å². The predicted molar refractivity (Wildman–Crippen MR) is 107 cm³/mol. The van der Waals surface area contributed by atoms with Gasteiger partial charge in [-0.15, -0.1) is 0 Å². The molecular formula is C19H28ClN3O3S. The van der Waals surface area contributed by atoms with Crippen LogP contribution in [0.5, 0.6) is 0 Å². The van der Waals surface area contributed by atoms with Gasteiger partial charge in [-0.05, 0) is 56.5 Å². The van der Waals surface area contributed by atoms with Crippen molar-refractivity contribution in [2.45, 2.75) is 44.2 Å². The summed E-state index contributed by atoms with van der Waals surface area (Å²) in [5.74, 6) is -0.202. The number of sulfonamides is 1. The molecule has 2 unspecified atom stereocenters. The molecule has 2 aliphatic rings. The SMILES string of the molecule is CS(=O)(=O)N1CCCCC1C(=O)NCC(c1cccc(Cl)c1)N1CCCC1. The zero-order valence-corrected chi connectivity index (χ0v) is 17.3. The monoisotopic (exact) mass is 413 g/mol. The van der Waals surface area contributed by atoms with E-state index >= 15 is 0 Å². The van der Waals surface area contributed by atoms with E-state index in [0.29, 0.717) is 24.5 Å². The van der Waals surface area contributed by atoms with Crippen LogP contribution in [-0.4, -0.2) is 62.0 Å². The molecule has 2 heterocycles. The Hall–Kier alpha value is -1.15. The lowest BCUT2D eigenvalue weighted by molar-refractivity contribution is -0.125. The summed E-state index contributed by atoms with van der Waals surface area (Å²) in [5.41, 5.74) is 1.08. The van der Waals surface area contributed by atoms with Gasteiger partial charge in [0.15, 0.2) is 0 Å². The van der Waals surface area contributed by atoms with Crippen LogP contribution >= 0.6 is 11.6 Å². The second kappa shape index (κ2) is 8.90. The molecule has 2 fully saturated rings. The first kappa shape index (κ1) is 20.6. The van der Waals surface area contributed by atoms with E-state index in [1.807, 2.05) is 24.3 Å². The molecular weight excluding hydrogens is 386 g/mol. The fraction of sp³-hybridized carbons (Fsp3) is 0.632. The molecule has 2 aliphatic heterocycles. The second-order valence-electron chi connectivity index (χ2n) is 7.44. The Bertz CT molecular complexity index is 765. The van der Waals surface area contributed by atoms with Gasteiger partial charge in [0.05, 0.1) is 12.3 Å². The maximum absolute atomic E-state index is 12.8. The summed E-state index contributed by atoms with van der Waals surface area (Å²) in [6.45, 7) is 2.85. The van der Waals surface area contributed by atoms with Crippen LogP contribution in [0, 0.1) is 0 Å². The van der Waals surface area contributed by atoms with Crippen LogP contribution in [0.25, 0.3) is 0 Å². The number of likely N-dealkylation sites (tertiary alicyclic amines) is 1. The minimum atomic E-state index is -3.39. The molecule has 0 aliphatic carbocycles. The van der Waals surface area contributed by atoms with Crippen molar-refractivity contribution in [1.29, 1.82) is 0 Å². The van der Waals surface area contributed by atoms with Crippen LogP contribution in [0.2, 0.25) is 5.02 Å². The third-order valence-electron chi connectivity index (χ3n) is 5.47. The highest BCUT2D eigenvalue weighted by Gasteiger charge is 2.35. The van der Waals surface area contributed by atoms with Crippen molar-refractivity contribution in [2.24, 2.45) is 0 Å². The quantitative estimate of drug-likeness (QED) is 0.777.